The van der Waals surface area contributed by atoms with E-state index in [0.717, 1.165) is 19.3 Å². The minimum atomic E-state index is -0.826. The van der Waals surface area contributed by atoms with Gasteiger partial charge in [-0.05, 0) is 30.5 Å². The summed E-state index contributed by atoms with van der Waals surface area (Å²) in [6.45, 7) is 4.96. The molecule has 0 heterocycles. The fourth-order valence-corrected chi connectivity index (χ4v) is 2.11. The summed E-state index contributed by atoms with van der Waals surface area (Å²) in [6, 6.07) is 3.31. The standard InChI is InChI=1S/C17H24ClN3O4/c1-4-6-7-19-16(22)17(23)21-20-11-12-9-13(18)15(25-8-5-2)14(10-12)24-3/h9-11H,4-8H2,1-3H3,(H,19,22)(H,21,23)/b20-11-. The molecule has 0 radical (unpaired) electrons. The molecule has 0 aliphatic rings. The number of hydrogen-bond donors (Lipinski definition) is 2. The molecule has 0 atom stereocenters. The van der Waals surface area contributed by atoms with Crippen LogP contribution in [0.15, 0.2) is 17.2 Å². The number of unbranched alkanes of at least 4 members (excludes halogenated alkanes) is 1. The van der Waals surface area contributed by atoms with Gasteiger partial charge in [0.25, 0.3) is 0 Å². The molecule has 1 rings (SSSR count). The van der Waals surface area contributed by atoms with E-state index in [-0.39, 0.29) is 0 Å². The zero-order chi connectivity index (χ0) is 18.7. The number of halogens is 1. The topological polar surface area (TPSA) is 89.0 Å². The second-order valence-electron chi connectivity index (χ2n) is 5.19. The Labute approximate surface area is 152 Å². The molecule has 0 spiro atoms. The highest BCUT2D eigenvalue weighted by Gasteiger charge is 2.13. The molecular formula is C17H24ClN3O4. The Morgan fingerprint density at radius 1 is 1.24 bits per heavy atom. The van der Waals surface area contributed by atoms with Crippen molar-refractivity contribution in [1.82, 2.24) is 10.7 Å². The van der Waals surface area contributed by atoms with Crippen molar-refractivity contribution in [3.05, 3.63) is 22.7 Å². The van der Waals surface area contributed by atoms with Gasteiger partial charge in [-0.3, -0.25) is 9.59 Å². The van der Waals surface area contributed by atoms with Crippen LogP contribution in [0.3, 0.4) is 0 Å². The van der Waals surface area contributed by atoms with Gasteiger partial charge in [0.2, 0.25) is 0 Å². The maximum Gasteiger partial charge on any atom is 0.329 e. The van der Waals surface area contributed by atoms with Crippen molar-refractivity contribution in [3.8, 4) is 11.5 Å². The molecule has 0 saturated heterocycles. The zero-order valence-electron chi connectivity index (χ0n) is 14.7. The maximum absolute atomic E-state index is 11.6. The van der Waals surface area contributed by atoms with E-state index in [4.69, 9.17) is 21.1 Å². The minimum absolute atomic E-state index is 0.373. The number of rotatable bonds is 9. The van der Waals surface area contributed by atoms with Crippen molar-refractivity contribution in [3.63, 3.8) is 0 Å². The lowest BCUT2D eigenvalue weighted by molar-refractivity contribution is -0.139. The number of ether oxygens (including phenoxy) is 2. The summed E-state index contributed by atoms with van der Waals surface area (Å²) in [4.78, 5) is 23.1. The van der Waals surface area contributed by atoms with Crippen LogP contribution in [0.5, 0.6) is 11.5 Å². The van der Waals surface area contributed by atoms with Crippen LogP contribution < -0.4 is 20.2 Å². The number of methoxy groups -OCH3 is 1. The van der Waals surface area contributed by atoms with Gasteiger partial charge in [0.05, 0.1) is 25.0 Å². The smallest absolute Gasteiger partial charge is 0.329 e. The molecule has 0 saturated carbocycles. The van der Waals surface area contributed by atoms with Gasteiger partial charge in [0, 0.05) is 6.54 Å². The summed E-state index contributed by atoms with van der Waals surface area (Å²) in [7, 11) is 1.51. The SMILES string of the molecule is CCCCNC(=O)C(=O)N/N=C\c1cc(Cl)c(OCCC)c(OC)c1. The number of amides is 2. The number of carbonyl (C=O) groups excluding carboxylic acids is 2. The molecule has 2 amide bonds. The van der Waals surface area contributed by atoms with Gasteiger partial charge < -0.3 is 14.8 Å². The van der Waals surface area contributed by atoms with Crippen LogP contribution in [-0.2, 0) is 9.59 Å². The Hall–Kier alpha value is -2.28. The zero-order valence-corrected chi connectivity index (χ0v) is 15.5. The molecule has 138 valence electrons. The van der Waals surface area contributed by atoms with Gasteiger partial charge in [-0.2, -0.15) is 5.10 Å². The third kappa shape index (κ3) is 7.01. The molecule has 0 bridgehead atoms. The average molecular weight is 370 g/mol. The Morgan fingerprint density at radius 2 is 2.00 bits per heavy atom. The molecular weight excluding hydrogens is 346 g/mol. The first-order valence-electron chi connectivity index (χ1n) is 8.15. The molecule has 0 aromatic heterocycles. The van der Waals surface area contributed by atoms with Crippen LogP contribution in [0.1, 0.15) is 38.7 Å². The van der Waals surface area contributed by atoms with E-state index < -0.39 is 11.8 Å². The quantitative estimate of drug-likeness (QED) is 0.303. The molecule has 1 aromatic carbocycles. The van der Waals surface area contributed by atoms with Crippen molar-refractivity contribution in [2.24, 2.45) is 5.10 Å². The largest absolute Gasteiger partial charge is 0.493 e. The Kier molecular flexibility index (Phi) is 9.39. The number of hydrazone groups is 1. The molecule has 0 aliphatic heterocycles. The third-order valence-electron chi connectivity index (χ3n) is 3.10. The van der Waals surface area contributed by atoms with E-state index in [2.05, 4.69) is 15.8 Å². The molecule has 2 N–H and O–H groups in total. The van der Waals surface area contributed by atoms with Crippen LogP contribution in [0, 0.1) is 0 Å². The van der Waals surface area contributed by atoms with Crippen molar-refractivity contribution >= 4 is 29.6 Å². The van der Waals surface area contributed by atoms with Crippen LogP contribution in [0.2, 0.25) is 5.02 Å². The van der Waals surface area contributed by atoms with Crippen LogP contribution in [-0.4, -0.2) is 38.3 Å². The van der Waals surface area contributed by atoms with E-state index in [1.165, 1.54) is 13.3 Å². The molecule has 8 heteroatoms. The van der Waals surface area contributed by atoms with Gasteiger partial charge in [0.15, 0.2) is 11.5 Å². The lowest BCUT2D eigenvalue weighted by Crippen LogP contribution is -2.38. The fraction of sp³-hybridized carbons (Fsp3) is 0.471. The second kappa shape index (κ2) is 11.3. The Morgan fingerprint density at radius 3 is 2.64 bits per heavy atom. The third-order valence-corrected chi connectivity index (χ3v) is 3.38. The van der Waals surface area contributed by atoms with Crippen molar-refractivity contribution < 1.29 is 19.1 Å². The van der Waals surface area contributed by atoms with Gasteiger partial charge in [0.1, 0.15) is 0 Å². The van der Waals surface area contributed by atoms with Gasteiger partial charge >= 0.3 is 11.8 Å². The molecule has 7 nitrogen and oxygen atoms in total. The highest BCUT2D eigenvalue weighted by atomic mass is 35.5. The lowest BCUT2D eigenvalue weighted by atomic mass is 10.2. The first-order valence-corrected chi connectivity index (χ1v) is 8.52. The summed E-state index contributed by atoms with van der Waals surface area (Å²) >= 11 is 6.19. The number of carbonyl (C=O) groups is 2. The molecule has 0 unspecified atom stereocenters. The summed E-state index contributed by atoms with van der Waals surface area (Å²) in [5.41, 5.74) is 2.76. The molecule has 0 aliphatic carbocycles. The Balaban J connectivity index is 2.69. The van der Waals surface area contributed by atoms with Crippen LogP contribution in [0.4, 0.5) is 0 Å². The summed E-state index contributed by atoms with van der Waals surface area (Å²) in [6.07, 6.45) is 3.96. The first-order chi connectivity index (χ1) is 12.0. The van der Waals surface area contributed by atoms with E-state index >= 15 is 0 Å². The summed E-state index contributed by atoms with van der Waals surface area (Å²) in [5, 5.41) is 6.64. The minimum Gasteiger partial charge on any atom is -0.493 e. The van der Waals surface area contributed by atoms with E-state index in [1.54, 1.807) is 12.1 Å². The van der Waals surface area contributed by atoms with Gasteiger partial charge in [-0.15, -0.1) is 0 Å². The maximum atomic E-state index is 11.6. The summed E-state index contributed by atoms with van der Waals surface area (Å²) in [5.74, 6) is -0.619. The molecule has 25 heavy (non-hydrogen) atoms. The molecule has 0 fully saturated rings. The Bertz CT molecular complexity index is 620. The fourth-order valence-electron chi connectivity index (χ4n) is 1.83. The lowest BCUT2D eigenvalue weighted by Gasteiger charge is -2.12. The number of nitrogens with zero attached hydrogens (tertiary/aromatic N) is 1. The average Bonchev–Trinajstić information content (AvgIpc) is 2.60. The number of benzene rings is 1. The highest BCUT2D eigenvalue weighted by Crippen LogP contribution is 2.36. The first kappa shape index (κ1) is 20.8. The number of nitrogens with one attached hydrogen (secondary N) is 2. The van der Waals surface area contributed by atoms with Crippen molar-refractivity contribution in [1.29, 1.82) is 0 Å². The van der Waals surface area contributed by atoms with E-state index in [1.807, 2.05) is 13.8 Å². The van der Waals surface area contributed by atoms with Crippen LogP contribution in [0.25, 0.3) is 0 Å². The van der Waals surface area contributed by atoms with E-state index in [9.17, 15) is 9.59 Å². The van der Waals surface area contributed by atoms with Gasteiger partial charge in [-0.1, -0.05) is 31.9 Å². The predicted octanol–water partition coefficient (Wildman–Crippen LogP) is 2.50. The monoisotopic (exact) mass is 369 g/mol. The number of hydrogen-bond acceptors (Lipinski definition) is 5. The summed E-state index contributed by atoms with van der Waals surface area (Å²) < 4.78 is 10.8. The van der Waals surface area contributed by atoms with E-state index in [0.29, 0.717) is 35.2 Å². The second-order valence-corrected chi connectivity index (χ2v) is 5.60. The van der Waals surface area contributed by atoms with Crippen molar-refractivity contribution in [2.75, 3.05) is 20.3 Å². The predicted molar refractivity (Wildman–Crippen MR) is 97.4 cm³/mol. The molecule has 1 aromatic rings. The van der Waals surface area contributed by atoms with Crippen LogP contribution >= 0.6 is 11.6 Å². The van der Waals surface area contributed by atoms with Gasteiger partial charge in [-0.25, -0.2) is 5.43 Å². The highest BCUT2D eigenvalue weighted by molar-refractivity contribution is 6.35. The normalized spacial score (nSPS) is 10.6. The van der Waals surface area contributed by atoms with Crippen molar-refractivity contribution in [2.45, 2.75) is 33.1 Å².